The summed E-state index contributed by atoms with van der Waals surface area (Å²) in [5.41, 5.74) is 4.90. The molecule has 23 heteroatoms. The Bertz CT molecular complexity index is 2880. The van der Waals surface area contributed by atoms with Crippen LogP contribution in [0.4, 0.5) is 24.5 Å². The standard InChI is InChI=1S/C52H59F3N6O14.CH3/c1-30(62)13-17-71-19-21-73-22-20-72-18-14-41(63)56-15-11-42(64)58-38-24-33(7-10-40(38)74-51-47(68)45(66)46(67)48(75-51)50(69)70)27-60-29-57-31(2)44-37(28-59(3)49(44)60)34-8-9-39-35(26-34)12-16-61(39)43(65)25-32-5-4-6-36(23-32)52(53,54)55;/h4-10,23-24,26,28-29,45-48,51,66-68H,11-22,25,27H2,1-3H3,(H2-,56,58,63,64,69,70);1H3/q;-1/p+1/t45-,46-,47+,48-,51+;/m0./s1. The molecule has 3 amide bonds. The predicted molar refractivity (Wildman–Crippen MR) is 268 cm³/mol. The summed E-state index contributed by atoms with van der Waals surface area (Å²) in [5.74, 6) is -2.90. The van der Waals surface area contributed by atoms with E-state index in [4.69, 9.17) is 28.7 Å². The van der Waals surface area contributed by atoms with Crippen molar-refractivity contribution in [1.82, 2.24) is 14.9 Å². The van der Waals surface area contributed by atoms with Crippen molar-refractivity contribution in [1.29, 1.82) is 0 Å². The summed E-state index contributed by atoms with van der Waals surface area (Å²) >= 11 is 0. The SMILES string of the molecule is CC(=O)CCOCCOCCOCCC(=O)NCCC(=O)Nc1cc(C[n+]2cnc(C)c3c(-c4ccc5c(c4)CCN5C(=O)Cc4cccc(C(F)(F)F)c4)cn(C)c32)ccc1O[C@@H]1O[C@H](C(=O)O)[C@@H](O)[C@H](O)[C@H]1O.[CH3-]. The number of ether oxygens (including phenoxy) is 5. The third-order valence-corrected chi connectivity index (χ3v) is 12.6. The van der Waals surface area contributed by atoms with Gasteiger partial charge in [0, 0.05) is 43.6 Å². The molecule has 3 aromatic carbocycles. The number of aromatic nitrogens is 3. The Morgan fingerprint density at radius 1 is 0.855 bits per heavy atom. The number of anilines is 2. The number of aryl methyl sites for hydroxylation is 2. The summed E-state index contributed by atoms with van der Waals surface area (Å²) in [6, 6.07) is 15.2. The third kappa shape index (κ3) is 14.7. The zero-order valence-corrected chi connectivity index (χ0v) is 42.5. The number of carbonyl (C=O) groups excluding carboxylic acids is 4. The van der Waals surface area contributed by atoms with Crippen LogP contribution in [-0.2, 0) is 75.5 Å². The number of carbonyl (C=O) groups is 5. The molecule has 2 aliphatic heterocycles. The van der Waals surface area contributed by atoms with Gasteiger partial charge >= 0.3 is 12.1 Å². The largest absolute Gasteiger partial charge is 0.479 e. The molecule has 0 unspecified atom stereocenters. The molecule has 0 aliphatic carbocycles. The van der Waals surface area contributed by atoms with Crippen LogP contribution >= 0.6 is 0 Å². The van der Waals surface area contributed by atoms with E-state index in [1.54, 1.807) is 23.4 Å². The first-order valence-corrected chi connectivity index (χ1v) is 24.2. The highest BCUT2D eigenvalue weighted by molar-refractivity contribution is 5.99. The van der Waals surface area contributed by atoms with Crippen LogP contribution in [0, 0.1) is 14.4 Å². The van der Waals surface area contributed by atoms with Crippen molar-refractivity contribution in [2.75, 3.05) is 62.9 Å². The fourth-order valence-electron chi connectivity index (χ4n) is 8.77. The lowest BCUT2D eigenvalue weighted by Gasteiger charge is -2.38. The lowest BCUT2D eigenvalue weighted by atomic mass is 9.99. The Labute approximate surface area is 436 Å². The Hall–Kier alpha value is -6.86. The Kier molecular flexibility index (Phi) is 20.2. The molecule has 2 aromatic heterocycles. The zero-order chi connectivity index (χ0) is 54.0. The Morgan fingerprint density at radius 2 is 1.57 bits per heavy atom. The lowest BCUT2D eigenvalue weighted by Crippen LogP contribution is -2.61. The first-order chi connectivity index (χ1) is 35.8. The molecular weight excluding hydrogens is 1000 g/mol. The summed E-state index contributed by atoms with van der Waals surface area (Å²) in [4.78, 5) is 68.5. The number of alkyl halides is 3. The number of ketones is 1. The molecule has 7 rings (SSSR count). The number of hydrogen-bond donors (Lipinski definition) is 6. The highest BCUT2D eigenvalue weighted by Gasteiger charge is 2.48. The highest BCUT2D eigenvalue weighted by Crippen LogP contribution is 2.37. The van der Waals surface area contributed by atoms with Crippen molar-refractivity contribution in [3.05, 3.63) is 109 Å². The molecule has 1 fully saturated rings. The van der Waals surface area contributed by atoms with Gasteiger partial charge in [-0.2, -0.15) is 13.2 Å². The monoisotopic (exact) mass is 1060 g/mol. The molecule has 410 valence electrons. The number of nitrogens with one attached hydrogen (secondary N) is 2. The predicted octanol–water partition coefficient (Wildman–Crippen LogP) is 3.62. The van der Waals surface area contributed by atoms with Gasteiger partial charge in [-0.15, -0.1) is 4.98 Å². The quantitative estimate of drug-likeness (QED) is 0.0293. The van der Waals surface area contributed by atoms with Crippen molar-refractivity contribution in [2.24, 2.45) is 7.05 Å². The number of aliphatic hydroxyl groups excluding tert-OH is 3. The van der Waals surface area contributed by atoms with Gasteiger partial charge in [0.25, 0.3) is 0 Å². The van der Waals surface area contributed by atoms with Gasteiger partial charge in [-0.25, -0.2) is 9.36 Å². The van der Waals surface area contributed by atoms with Crippen LogP contribution in [0.15, 0.2) is 73.2 Å². The number of aliphatic carboxylic acids is 1. The summed E-state index contributed by atoms with van der Waals surface area (Å²) in [7, 11) is 1.87. The van der Waals surface area contributed by atoms with Gasteiger partial charge in [0.15, 0.2) is 6.10 Å². The van der Waals surface area contributed by atoms with Crippen LogP contribution < -0.4 is 24.8 Å². The van der Waals surface area contributed by atoms with Crippen LogP contribution in [0.2, 0.25) is 0 Å². The number of aliphatic hydroxyl groups is 3. The Morgan fingerprint density at radius 3 is 2.26 bits per heavy atom. The molecule has 4 heterocycles. The number of carboxylic acids is 1. The summed E-state index contributed by atoms with van der Waals surface area (Å²) in [6.45, 7) is 5.49. The minimum atomic E-state index is -4.53. The van der Waals surface area contributed by atoms with Gasteiger partial charge in [0.2, 0.25) is 36.0 Å². The molecule has 20 nitrogen and oxygen atoms in total. The van der Waals surface area contributed by atoms with E-state index in [1.807, 2.05) is 47.5 Å². The minimum absolute atomic E-state index is 0. The van der Waals surface area contributed by atoms with Crippen molar-refractivity contribution >= 4 is 51.9 Å². The normalized spacial score (nSPS) is 18.2. The van der Waals surface area contributed by atoms with Gasteiger partial charge in [0.05, 0.1) is 82.5 Å². The molecule has 6 N–H and O–H groups in total. The second-order valence-electron chi connectivity index (χ2n) is 18.2. The Balaban J connectivity index is 0.00000937. The number of Topliss-reactive ketones (excluding diaryl/α,β-unsaturated/α-hetero) is 1. The average Bonchev–Trinajstić information content (AvgIpc) is 3.96. The molecule has 5 aromatic rings. The van der Waals surface area contributed by atoms with Gasteiger partial charge in [-0.1, -0.05) is 30.3 Å². The number of halogens is 3. The number of fused-ring (bicyclic) bond motifs is 2. The van der Waals surface area contributed by atoms with Crippen molar-refractivity contribution in [3.63, 3.8) is 0 Å². The van der Waals surface area contributed by atoms with Crippen LogP contribution in [0.1, 0.15) is 54.1 Å². The second kappa shape index (κ2) is 26.3. The van der Waals surface area contributed by atoms with Crippen LogP contribution in [-0.4, -0.2) is 143 Å². The van der Waals surface area contributed by atoms with Gasteiger partial charge in [-0.3, -0.25) is 23.7 Å². The first kappa shape index (κ1) is 58.4. The number of amides is 3. The molecule has 1 saturated heterocycles. The molecule has 0 spiro atoms. The van der Waals surface area contributed by atoms with Crippen LogP contribution in [0.25, 0.3) is 22.2 Å². The minimum Gasteiger partial charge on any atom is -0.479 e. The maximum atomic E-state index is 13.4. The first-order valence-electron chi connectivity index (χ1n) is 24.2. The zero-order valence-electron chi connectivity index (χ0n) is 42.5. The van der Waals surface area contributed by atoms with E-state index in [0.717, 1.165) is 45.6 Å². The van der Waals surface area contributed by atoms with E-state index in [2.05, 4.69) is 10.6 Å². The van der Waals surface area contributed by atoms with E-state index in [0.29, 0.717) is 50.5 Å². The smallest absolute Gasteiger partial charge is 0.416 e. The van der Waals surface area contributed by atoms with E-state index in [-0.39, 0.29) is 94.2 Å². The maximum Gasteiger partial charge on any atom is 0.416 e. The van der Waals surface area contributed by atoms with Crippen molar-refractivity contribution in [3.8, 4) is 16.9 Å². The fraction of sp³-hybridized carbons (Fsp3) is 0.434. The van der Waals surface area contributed by atoms with Gasteiger partial charge in [0.1, 0.15) is 35.5 Å². The van der Waals surface area contributed by atoms with E-state index < -0.39 is 54.3 Å². The summed E-state index contributed by atoms with van der Waals surface area (Å²) in [5, 5.41) is 47.3. The molecule has 5 atom stereocenters. The molecular formula is C53H63F3N6O14. The topological polar surface area (TPSA) is 261 Å². The van der Waals surface area contributed by atoms with E-state index in [1.165, 1.54) is 25.1 Å². The van der Waals surface area contributed by atoms with E-state index in [9.17, 15) is 57.6 Å². The fourth-order valence-corrected chi connectivity index (χ4v) is 8.77. The molecule has 76 heavy (non-hydrogen) atoms. The van der Waals surface area contributed by atoms with Crippen LogP contribution in [0.5, 0.6) is 5.75 Å². The summed E-state index contributed by atoms with van der Waals surface area (Å²) < 4.78 is 71.3. The number of nitrogens with zero attached hydrogens (tertiary/aromatic N) is 4. The number of benzene rings is 3. The molecule has 0 saturated carbocycles. The second-order valence-corrected chi connectivity index (χ2v) is 18.2. The maximum absolute atomic E-state index is 13.4. The molecule has 0 radical (unpaired) electrons. The molecule has 2 aliphatic rings. The molecule has 0 bridgehead atoms. The van der Waals surface area contributed by atoms with Crippen LogP contribution in [0.3, 0.4) is 0 Å². The van der Waals surface area contributed by atoms with Gasteiger partial charge < -0.3 is 67.1 Å². The number of carboxylic acid groups (broad SMARTS) is 1. The highest BCUT2D eigenvalue weighted by atomic mass is 19.4. The third-order valence-electron chi connectivity index (χ3n) is 12.6. The van der Waals surface area contributed by atoms with E-state index >= 15 is 0 Å². The summed E-state index contributed by atoms with van der Waals surface area (Å²) in [6.07, 6.45) is -9.95. The lowest BCUT2D eigenvalue weighted by molar-refractivity contribution is -0.668. The number of hydrogen-bond acceptors (Lipinski definition) is 14. The van der Waals surface area contributed by atoms with Crippen molar-refractivity contribution in [2.45, 2.75) is 89.4 Å². The van der Waals surface area contributed by atoms with Gasteiger partial charge in [-0.05, 0) is 72.9 Å². The average molecular weight is 1070 g/mol. The van der Waals surface area contributed by atoms with Crippen molar-refractivity contribution < 1.29 is 85.8 Å². The number of rotatable bonds is 24.